The number of methoxy groups -OCH3 is 1. The van der Waals surface area contributed by atoms with E-state index in [1.165, 1.54) is 25.3 Å². The molecule has 1 heterocycles. The molecule has 2 aromatic rings. The average Bonchev–Trinajstić information content (AvgIpc) is 2.49. The number of nitrogens with zero attached hydrogens (tertiary/aromatic N) is 1. The lowest BCUT2D eigenvalue weighted by atomic mass is 9.90. The summed E-state index contributed by atoms with van der Waals surface area (Å²) < 4.78 is 18.3. The number of nitrogens with two attached hydrogens (primary N) is 1. The topological polar surface area (TPSA) is 68.4 Å². The fourth-order valence-corrected chi connectivity index (χ4v) is 2.14. The fraction of sp³-hybridized carbons (Fsp3) is 0.267. The van der Waals surface area contributed by atoms with Crippen molar-refractivity contribution in [1.82, 2.24) is 4.98 Å². The van der Waals surface area contributed by atoms with Gasteiger partial charge in [-0.25, -0.2) is 4.39 Å². The molecular formula is C15H17FN2O2. The van der Waals surface area contributed by atoms with Gasteiger partial charge in [0.2, 0.25) is 0 Å². The molecule has 2 unspecified atom stereocenters. The maximum absolute atomic E-state index is 13.4. The molecule has 3 N–H and O–H groups in total. The number of benzene rings is 1. The fourth-order valence-electron chi connectivity index (χ4n) is 2.14. The van der Waals surface area contributed by atoms with Gasteiger partial charge in [0.25, 0.3) is 0 Å². The third-order valence-corrected chi connectivity index (χ3v) is 3.26. The van der Waals surface area contributed by atoms with E-state index in [1.54, 1.807) is 18.5 Å². The van der Waals surface area contributed by atoms with Gasteiger partial charge >= 0.3 is 0 Å². The van der Waals surface area contributed by atoms with Gasteiger partial charge in [0, 0.05) is 24.9 Å². The van der Waals surface area contributed by atoms with Crippen molar-refractivity contribution in [3.63, 3.8) is 0 Å². The van der Waals surface area contributed by atoms with Crippen LogP contribution in [0.3, 0.4) is 0 Å². The number of hydrogen-bond donors (Lipinski definition) is 2. The van der Waals surface area contributed by atoms with Crippen LogP contribution >= 0.6 is 0 Å². The van der Waals surface area contributed by atoms with Gasteiger partial charge in [-0.1, -0.05) is 12.1 Å². The minimum absolute atomic E-state index is 0.100. The molecule has 0 bridgehead atoms. The Morgan fingerprint density at radius 3 is 2.75 bits per heavy atom. The third-order valence-electron chi connectivity index (χ3n) is 3.26. The van der Waals surface area contributed by atoms with E-state index in [2.05, 4.69) is 4.98 Å². The summed E-state index contributed by atoms with van der Waals surface area (Å²) in [5.41, 5.74) is 7.15. The van der Waals surface area contributed by atoms with Crippen molar-refractivity contribution in [1.29, 1.82) is 0 Å². The maximum Gasteiger partial charge on any atom is 0.165 e. The van der Waals surface area contributed by atoms with E-state index in [0.717, 1.165) is 5.56 Å². The van der Waals surface area contributed by atoms with Crippen LogP contribution in [-0.4, -0.2) is 23.7 Å². The van der Waals surface area contributed by atoms with Crippen LogP contribution in [0.15, 0.2) is 42.7 Å². The lowest BCUT2D eigenvalue weighted by Gasteiger charge is -2.22. The van der Waals surface area contributed by atoms with Gasteiger partial charge in [0.15, 0.2) is 11.6 Å². The molecule has 0 aliphatic carbocycles. The van der Waals surface area contributed by atoms with Crippen molar-refractivity contribution in [2.45, 2.75) is 12.0 Å². The Labute approximate surface area is 117 Å². The minimum atomic E-state index is -0.848. The monoisotopic (exact) mass is 276 g/mol. The van der Waals surface area contributed by atoms with Gasteiger partial charge in [-0.05, 0) is 29.3 Å². The molecule has 0 spiro atoms. The summed E-state index contributed by atoms with van der Waals surface area (Å²) >= 11 is 0. The smallest absolute Gasteiger partial charge is 0.165 e. The lowest BCUT2D eigenvalue weighted by molar-refractivity contribution is 0.147. The molecule has 0 fully saturated rings. The van der Waals surface area contributed by atoms with Crippen molar-refractivity contribution in [3.05, 3.63) is 59.7 Å². The van der Waals surface area contributed by atoms with Crippen LogP contribution < -0.4 is 10.5 Å². The number of rotatable bonds is 5. The summed E-state index contributed by atoms with van der Waals surface area (Å²) in [6.07, 6.45) is 2.48. The van der Waals surface area contributed by atoms with Crippen LogP contribution in [-0.2, 0) is 0 Å². The van der Waals surface area contributed by atoms with Crippen LogP contribution in [0.4, 0.5) is 4.39 Å². The summed E-state index contributed by atoms with van der Waals surface area (Å²) in [5, 5.41) is 10.5. The van der Waals surface area contributed by atoms with Crippen LogP contribution in [0.1, 0.15) is 23.1 Å². The summed E-state index contributed by atoms with van der Waals surface area (Å²) in [4.78, 5) is 4.03. The molecule has 4 nitrogen and oxygen atoms in total. The van der Waals surface area contributed by atoms with E-state index in [9.17, 15) is 9.50 Å². The van der Waals surface area contributed by atoms with Gasteiger partial charge in [-0.15, -0.1) is 0 Å². The van der Waals surface area contributed by atoms with E-state index in [1.807, 2.05) is 6.07 Å². The van der Waals surface area contributed by atoms with E-state index >= 15 is 0 Å². The van der Waals surface area contributed by atoms with Crippen molar-refractivity contribution < 1.29 is 14.2 Å². The largest absolute Gasteiger partial charge is 0.494 e. The molecule has 2 atom stereocenters. The summed E-state index contributed by atoms with van der Waals surface area (Å²) in [5.74, 6) is -0.670. The highest BCUT2D eigenvalue weighted by Crippen LogP contribution is 2.32. The molecule has 1 aromatic carbocycles. The molecule has 5 heteroatoms. The van der Waals surface area contributed by atoms with Gasteiger partial charge in [-0.3, -0.25) is 4.98 Å². The molecular weight excluding hydrogens is 259 g/mol. The summed E-state index contributed by atoms with van der Waals surface area (Å²) in [6.45, 7) is 0.256. The lowest BCUT2D eigenvalue weighted by Crippen LogP contribution is -2.20. The average molecular weight is 276 g/mol. The van der Waals surface area contributed by atoms with Crippen LogP contribution in [0.2, 0.25) is 0 Å². The highest BCUT2D eigenvalue weighted by Gasteiger charge is 2.22. The Morgan fingerprint density at radius 2 is 2.15 bits per heavy atom. The first-order valence-corrected chi connectivity index (χ1v) is 6.29. The zero-order valence-corrected chi connectivity index (χ0v) is 11.2. The first-order valence-electron chi connectivity index (χ1n) is 6.29. The standard InChI is InChI=1S/C15H17FN2O2/c1-20-14-7-10(4-5-13(14)16)15(19)12(8-17)11-3-2-6-18-9-11/h2-7,9,12,15,19H,8,17H2,1H3. The second-order valence-electron chi connectivity index (χ2n) is 4.47. The number of aromatic nitrogens is 1. The second kappa shape index (κ2) is 6.45. The van der Waals surface area contributed by atoms with E-state index < -0.39 is 11.9 Å². The number of aliphatic hydroxyl groups is 1. The minimum Gasteiger partial charge on any atom is -0.494 e. The number of ether oxygens (including phenoxy) is 1. The molecule has 0 amide bonds. The van der Waals surface area contributed by atoms with Gasteiger partial charge in [-0.2, -0.15) is 0 Å². The Morgan fingerprint density at radius 1 is 1.35 bits per heavy atom. The van der Waals surface area contributed by atoms with Crippen LogP contribution in [0.25, 0.3) is 0 Å². The maximum atomic E-state index is 13.4. The Bertz CT molecular complexity index is 563. The van der Waals surface area contributed by atoms with Crippen molar-refractivity contribution >= 4 is 0 Å². The van der Waals surface area contributed by atoms with Crippen molar-refractivity contribution in [3.8, 4) is 5.75 Å². The molecule has 0 aliphatic heterocycles. The van der Waals surface area contributed by atoms with Gasteiger partial charge in [0.05, 0.1) is 13.2 Å². The van der Waals surface area contributed by atoms with E-state index in [-0.39, 0.29) is 18.2 Å². The van der Waals surface area contributed by atoms with Gasteiger partial charge < -0.3 is 15.6 Å². The number of aliphatic hydroxyl groups excluding tert-OH is 1. The number of pyridine rings is 1. The summed E-state index contributed by atoms with van der Waals surface area (Å²) in [7, 11) is 1.39. The molecule has 0 saturated heterocycles. The van der Waals surface area contributed by atoms with Crippen molar-refractivity contribution in [2.75, 3.05) is 13.7 Å². The third kappa shape index (κ3) is 2.95. The first-order chi connectivity index (χ1) is 9.67. The van der Waals surface area contributed by atoms with E-state index in [4.69, 9.17) is 10.5 Å². The molecule has 0 radical (unpaired) electrons. The molecule has 2 rings (SSSR count). The van der Waals surface area contributed by atoms with Gasteiger partial charge in [0.1, 0.15) is 0 Å². The highest BCUT2D eigenvalue weighted by atomic mass is 19.1. The zero-order valence-electron chi connectivity index (χ0n) is 11.2. The molecule has 1 aromatic heterocycles. The SMILES string of the molecule is COc1cc(C(O)C(CN)c2cccnc2)ccc1F. The zero-order chi connectivity index (χ0) is 14.5. The molecule has 0 saturated carbocycles. The Balaban J connectivity index is 2.31. The Kier molecular flexibility index (Phi) is 4.65. The second-order valence-corrected chi connectivity index (χ2v) is 4.47. The van der Waals surface area contributed by atoms with Crippen LogP contribution in [0.5, 0.6) is 5.75 Å². The molecule has 20 heavy (non-hydrogen) atoms. The number of hydrogen-bond acceptors (Lipinski definition) is 4. The normalized spacial score (nSPS) is 13.8. The first kappa shape index (κ1) is 14.4. The quantitative estimate of drug-likeness (QED) is 0.876. The molecule has 0 aliphatic rings. The Hall–Kier alpha value is -1.98. The predicted octanol–water partition coefficient (Wildman–Crippen LogP) is 2.01. The number of halogens is 1. The van der Waals surface area contributed by atoms with Crippen LogP contribution in [0, 0.1) is 5.82 Å². The highest BCUT2D eigenvalue weighted by molar-refractivity contribution is 5.33. The summed E-state index contributed by atoms with van der Waals surface area (Å²) in [6, 6.07) is 7.93. The molecule has 106 valence electrons. The van der Waals surface area contributed by atoms with Crippen molar-refractivity contribution in [2.24, 2.45) is 5.73 Å². The van der Waals surface area contributed by atoms with E-state index in [0.29, 0.717) is 5.56 Å². The predicted molar refractivity (Wildman–Crippen MR) is 73.9 cm³/mol.